The van der Waals surface area contributed by atoms with Crippen LogP contribution in [0.25, 0.3) is 10.9 Å². The van der Waals surface area contributed by atoms with Gasteiger partial charge in [-0.2, -0.15) is 0 Å². The molecule has 30 heavy (non-hydrogen) atoms. The van der Waals surface area contributed by atoms with Crippen LogP contribution in [0.3, 0.4) is 0 Å². The maximum absolute atomic E-state index is 11.3. The smallest absolute Gasteiger partial charge is 0.0602 e. The minimum atomic E-state index is -0.156. The van der Waals surface area contributed by atoms with Crippen molar-refractivity contribution < 1.29 is 5.11 Å². The highest BCUT2D eigenvalue weighted by atomic mass is 16.3. The van der Waals surface area contributed by atoms with Gasteiger partial charge in [0.2, 0.25) is 0 Å². The van der Waals surface area contributed by atoms with Gasteiger partial charge in [0, 0.05) is 27.9 Å². The van der Waals surface area contributed by atoms with Crippen molar-refractivity contribution in [1.29, 1.82) is 0 Å². The van der Waals surface area contributed by atoms with Gasteiger partial charge in [0.15, 0.2) is 0 Å². The van der Waals surface area contributed by atoms with Gasteiger partial charge in [-0.05, 0) is 87.7 Å². The predicted octanol–water partition coefficient (Wildman–Crippen LogP) is 7.04. The maximum Gasteiger partial charge on any atom is 0.0602 e. The molecule has 162 valence electrons. The minimum Gasteiger partial charge on any atom is -0.393 e. The molecule has 3 fully saturated rings. The van der Waals surface area contributed by atoms with Crippen LogP contribution in [-0.4, -0.2) is 16.2 Å². The van der Waals surface area contributed by atoms with Gasteiger partial charge in [-0.25, -0.2) is 0 Å². The zero-order valence-corrected chi connectivity index (χ0v) is 19.5. The fourth-order valence-electron chi connectivity index (χ4n) is 8.44. The Morgan fingerprint density at radius 1 is 1.10 bits per heavy atom. The normalized spacial score (nSPS) is 41.0. The van der Waals surface area contributed by atoms with Crippen LogP contribution in [0, 0.1) is 28.1 Å². The highest BCUT2D eigenvalue weighted by molar-refractivity contribution is 5.83. The highest BCUT2D eigenvalue weighted by Crippen LogP contribution is 2.74. The monoisotopic (exact) mass is 405 g/mol. The number of hydrogen-bond donors (Lipinski definition) is 2. The molecule has 2 N–H and O–H groups in total. The number of para-hydroxylation sites is 1. The van der Waals surface area contributed by atoms with E-state index in [1.165, 1.54) is 41.3 Å². The molecule has 2 heteroatoms. The van der Waals surface area contributed by atoms with Gasteiger partial charge < -0.3 is 10.1 Å². The van der Waals surface area contributed by atoms with E-state index in [0.717, 1.165) is 25.7 Å². The minimum absolute atomic E-state index is 0.0319. The first-order chi connectivity index (χ1) is 14.2. The number of hydrogen-bond acceptors (Lipinski definition) is 1. The van der Waals surface area contributed by atoms with Crippen LogP contribution in [0.4, 0.5) is 0 Å². The summed E-state index contributed by atoms with van der Waals surface area (Å²) < 4.78 is 0. The van der Waals surface area contributed by atoms with Crippen molar-refractivity contribution in [2.45, 2.75) is 85.7 Å². The lowest BCUT2D eigenvalue weighted by Crippen LogP contribution is -2.61. The molecule has 1 heterocycles. The zero-order chi connectivity index (χ0) is 21.3. The fraction of sp³-hybridized carbons (Fsp3) is 0.643. The van der Waals surface area contributed by atoms with Crippen LogP contribution < -0.4 is 0 Å². The van der Waals surface area contributed by atoms with Crippen molar-refractivity contribution in [3.8, 4) is 0 Å². The standard InChI is InChI=1S/C28H39NO/c1-18(2)22-13-14-27(5)25(30)11-10-24-26(4,19(3)12-15-28(22,24)27)16-20-17-29-23-9-7-6-8-21(20)23/h6-9,17,19,24-25,29-30H,10-16H2,1-5H3/t19-,24-,25-,26+,27+,28-/m0/s1. The van der Waals surface area contributed by atoms with Gasteiger partial charge >= 0.3 is 0 Å². The molecule has 0 radical (unpaired) electrons. The molecule has 3 saturated carbocycles. The second-order valence-electron chi connectivity index (χ2n) is 11.5. The van der Waals surface area contributed by atoms with Crippen LogP contribution in [0.15, 0.2) is 41.6 Å². The molecule has 1 spiro atoms. The quantitative estimate of drug-likeness (QED) is 0.516. The van der Waals surface area contributed by atoms with E-state index in [0.29, 0.717) is 11.8 Å². The van der Waals surface area contributed by atoms with E-state index in [-0.39, 0.29) is 22.3 Å². The number of nitrogens with one attached hydrogen (secondary N) is 1. The zero-order valence-electron chi connectivity index (χ0n) is 19.5. The Hall–Kier alpha value is -1.54. The third kappa shape index (κ3) is 2.46. The number of H-pyrrole nitrogens is 1. The van der Waals surface area contributed by atoms with E-state index < -0.39 is 0 Å². The number of allylic oxidation sites excluding steroid dienone is 2. The molecule has 2 nitrogen and oxygen atoms in total. The Labute approximate surface area is 182 Å². The van der Waals surface area contributed by atoms with Crippen LogP contribution in [0.2, 0.25) is 0 Å². The summed E-state index contributed by atoms with van der Waals surface area (Å²) in [5.74, 6) is 1.34. The lowest BCUT2D eigenvalue weighted by molar-refractivity contribution is -0.171. The number of aromatic nitrogens is 1. The van der Waals surface area contributed by atoms with Gasteiger partial charge in [-0.15, -0.1) is 0 Å². The van der Waals surface area contributed by atoms with E-state index in [1.807, 2.05) is 0 Å². The maximum atomic E-state index is 11.3. The number of aromatic amines is 1. The molecule has 3 aliphatic carbocycles. The van der Waals surface area contributed by atoms with Crippen LogP contribution in [0.1, 0.15) is 78.7 Å². The SMILES string of the molecule is CC(C)=C1CC[C@]2(C)[C@@H](O)CC[C@H]3[C@](C)(Cc4c[nH]c5ccccc45)[C@@H](C)CC[C@]132. The average molecular weight is 406 g/mol. The summed E-state index contributed by atoms with van der Waals surface area (Å²) >= 11 is 0. The summed E-state index contributed by atoms with van der Waals surface area (Å²) in [7, 11) is 0. The third-order valence-electron chi connectivity index (χ3n) is 10.3. The van der Waals surface area contributed by atoms with E-state index in [9.17, 15) is 5.11 Å². The van der Waals surface area contributed by atoms with Crippen molar-refractivity contribution in [2.24, 2.45) is 28.1 Å². The average Bonchev–Trinajstić information content (AvgIpc) is 3.25. The molecular formula is C28H39NO. The van der Waals surface area contributed by atoms with Crippen molar-refractivity contribution in [1.82, 2.24) is 4.98 Å². The number of aliphatic hydroxyl groups excluding tert-OH is 1. The Morgan fingerprint density at radius 3 is 2.63 bits per heavy atom. The van der Waals surface area contributed by atoms with E-state index >= 15 is 0 Å². The molecule has 0 aliphatic heterocycles. The Morgan fingerprint density at radius 2 is 1.87 bits per heavy atom. The molecule has 6 atom stereocenters. The van der Waals surface area contributed by atoms with Crippen molar-refractivity contribution >= 4 is 10.9 Å². The fourth-order valence-corrected chi connectivity index (χ4v) is 8.44. The second kappa shape index (κ2) is 6.73. The van der Waals surface area contributed by atoms with Crippen LogP contribution in [0.5, 0.6) is 0 Å². The molecule has 2 aromatic rings. The molecule has 0 amide bonds. The molecule has 1 aromatic carbocycles. The number of benzene rings is 1. The van der Waals surface area contributed by atoms with Gasteiger partial charge in [0.05, 0.1) is 6.10 Å². The largest absolute Gasteiger partial charge is 0.393 e. The second-order valence-corrected chi connectivity index (χ2v) is 11.5. The van der Waals surface area contributed by atoms with E-state index in [4.69, 9.17) is 0 Å². The van der Waals surface area contributed by atoms with Gasteiger partial charge in [0.25, 0.3) is 0 Å². The van der Waals surface area contributed by atoms with Crippen molar-refractivity contribution in [3.63, 3.8) is 0 Å². The summed E-state index contributed by atoms with van der Waals surface area (Å²) in [5, 5.41) is 12.7. The highest BCUT2D eigenvalue weighted by Gasteiger charge is 2.68. The first-order valence-electron chi connectivity index (χ1n) is 12.1. The molecular weight excluding hydrogens is 366 g/mol. The van der Waals surface area contributed by atoms with Crippen molar-refractivity contribution in [2.75, 3.05) is 0 Å². The number of rotatable bonds is 2. The van der Waals surface area contributed by atoms with E-state index in [1.54, 1.807) is 5.57 Å². The molecule has 0 bridgehead atoms. The first-order valence-corrected chi connectivity index (χ1v) is 12.1. The predicted molar refractivity (Wildman–Crippen MR) is 125 cm³/mol. The third-order valence-corrected chi connectivity index (χ3v) is 10.3. The van der Waals surface area contributed by atoms with Gasteiger partial charge in [-0.1, -0.05) is 50.1 Å². The molecule has 0 unspecified atom stereocenters. The summed E-state index contributed by atoms with van der Waals surface area (Å²) in [4.78, 5) is 3.52. The molecule has 3 aliphatic rings. The summed E-state index contributed by atoms with van der Waals surface area (Å²) in [5.41, 5.74) is 6.40. The Bertz CT molecular complexity index is 997. The molecule has 1 aromatic heterocycles. The molecule has 5 rings (SSSR count). The topological polar surface area (TPSA) is 36.0 Å². The van der Waals surface area contributed by atoms with Gasteiger partial charge in [-0.3, -0.25) is 0 Å². The summed E-state index contributed by atoms with van der Waals surface area (Å²) in [6.45, 7) is 12.2. The number of aliphatic hydroxyl groups is 1. The van der Waals surface area contributed by atoms with Crippen LogP contribution >= 0.6 is 0 Å². The van der Waals surface area contributed by atoms with Crippen LogP contribution in [-0.2, 0) is 6.42 Å². The van der Waals surface area contributed by atoms with E-state index in [2.05, 4.69) is 70.1 Å². The summed E-state index contributed by atoms with van der Waals surface area (Å²) in [6.07, 6.45) is 10.2. The lowest BCUT2D eigenvalue weighted by atomic mass is 9.39. The first kappa shape index (κ1) is 20.4. The number of fused-ring (bicyclic) bond motifs is 1. The van der Waals surface area contributed by atoms with Gasteiger partial charge in [0.1, 0.15) is 0 Å². The Kier molecular flexibility index (Phi) is 4.57. The lowest BCUT2D eigenvalue weighted by Gasteiger charge is -2.65. The molecule has 0 saturated heterocycles. The summed E-state index contributed by atoms with van der Waals surface area (Å²) in [6, 6.07) is 8.76. The Balaban J connectivity index is 1.65. The van der Waals surface area contributed by atoms with Crippen molar-refractivity contribution in [3.05, 3.63) is 47.2 Å².